The molecule has 2 saturated heterocycles. The van der Waals surface area contributed by atoms with E-state index in [4.69, 9.17) is 19.8 Å². The number of likely N-dealkylation sites (N-methyl/N-ethyl adjacent to an activating group) is 1. The van der Waals surface area contributed by atoms with E-state index in [1.807, 2.05) is 53.8 Å². The highest BCUT2D eigenvalue weighted by Gasteiger charge is 2.33. The highest BCUT2D eigenvalue weighted by atomic mass is 32.1. The molecule has 1 atom stereocenters. The van der Waals surface area contributed by atoms with E-state index in [0.717, 1.165) is 46.7 Å². The van der Waals surface area contributed by atoms with Crippen molar-refractivity contribution in [3.05, 3.63) is 76.5 Å². The van der Waals surface area contributed by atoms with Gasteiger partial charge in [0.05, 0.1) is 31.6 Å². The maximum Gasteiger partial charge on any atom is 0.236 e. The van der Waals surface area contributed by atoms with Gasteiger partial charge in [-0.15, -0.1) is 5.10 Å². The second-order valence-electron chi connectivity index (χ2n) is 12.4. The molecule has 0 unspecified atom stereocenters. The molecule has 12 nitrogen and oxygen atoms in total. The van der Waals surface area contributed by atoms with E-state index in [1.54, 1.807) is 17.0 Å². The summed E-state index contributed by atoms with van der Waals surface area (Å²) in [5.41, 5.74) is 3.05. The molecule has 0 saturated carbocycles. The van der Waals surface area contributed by atoms with Crippen molar-refractivity contribution in [3.63, 3.8) is 0 Å². The molecule has 0 radical (unpaired) electrons. The van der Waals surface area contributed by atoms with Crippen LogP contribution in [0, 0.1) is 17.1 Å². The summed E-state index contributed by atoms with van der Waals surface area (Å²) in [6.45, 7) is 3.60. The number of ether oxygens (including phenoxy) is 1. The predicted octanol–water partition coefficient (Wildman–Crippen LogP) is 4.17. The number of nitriles is 1. The van der Waals surface area contributed by atoms with Crippen molar-refractivity contribution in [2.24, 2.45) is 0 Å². The lowest BCUT2D eigenvalue weighted by molar-refractivity contribution is -0.142. The lowest BCUT2D eigenvalue weighted by Gasteiger charge is -2.37. The summed E-state index contributed by atoms with van der Waals surface area (Å²) < 4.78 is 21.5. The molecule has 2 aromatic carbocycles. The van der Waals surface area contributed by atoms with Gasteiger partial charge >= 0.3 is 0 Å². The van der Waals surface area contributed by atoms with Crippen molar-refractivity contribution in [1.29, 1.82) is 5.26 Å². The summed E-state index contributed by atoms with van der Waals surface area (Å²) in [4.78, 5) is 31.5. The number of aromatic nitrogens is 4. The summed E-state index contributed by atoms with van der Waals surface area (Å²) in [6, 6.07) is 18.4. The number of halogens is 1. The van der Waals surface area contributed by atoms with E-state index in [0.29, 0.717) is 60.5 Å². The number of aliphatic hydroxyl groups is 1. The number of likely N-dealkylation sites (tertiary alicyclic amines) is 1. The van der Waals surface area contributed by atoms with Crippen molar-refractivity contribution in [3.8, 4) is 17.3 Å². The van der Waals surface area contributed by atoms with Crippen LogP contribution in [0.5, 0.6) is 0 Å². The van der Waals surface area contributed by atoms with E-state index in [2.05, 4.69) is 15.9 Å². The highest BCUT2D eigenvalue weighted by molar-refractivity contribution is 7.20. The minimum absolute atomic E-state index is 0.0382. The minimum atomic E-state index is -0.410. The third-order valence-electron chi connectivity index (χ3n) is 8.93. The second kappa shape index (κ2) is 14.2. The highest BCUT2D eigenvalue weighted by Crippen LogP contribution is 2.38. The lowest BCUT2D eigenvalue weighted by Crippen LogP contribution is -2.56. The average molecular weight is 702 g/mol. The van der Waals surface area contributed by atoms with Crippen LogP contribution in [0.3, 0.4) is 0 Å². The molecule has 2 aliphatic rings. The maximum absolute atomic E-state index is 13.7. The van der Waals surface area contributed by atoms with E-state index >= 15 is 0 Å². The van der Waals surface area contributed by atoms with Crippen LogP contribution in [-0.4, -0.2) is 106 Å². The molecule has 49 heavy (non-hydrogen) atoms. The largest absolute Gasteiger partial charge is 0.389 e. The van der Waals surface area contributed by atoms with Gasteiger partial charge in [0.15, 0.2) is 10.9 Å². The zero-order valence-corrected chi connectivity index (χ0v) is 28.8. The summed E-state index contributed by atoms with van der Waals surface area (Å²) >= 11 is 2.77. The Morgan fingerprint density at radius 1 is 1.10 bits per heavy atom. The van der Waals surface area contributed by atoms with Gasteiger partial charge in [-0.05, 0) is 43.3 Å². The monoisotopic (exact) mass is 701 g/mol. The standard InChI is InChI=1S/C34H36FN9O3S2/c1-40(20-29(46)43-18-26(45)19-43)25-12-14-42(17-25)34-39-44-31(27(37-33(44)49-34)13-15-47-21-22-6-4-3-5-7-22)41(2)32-38-30(28(16-36)48-32)23-8-10-24(35)11-9-23/h3-11,25-26,45H,12-15,17-21H2,1-2H3/t25-/m1/s1. The zero-order chi connectivity index (χ0) is 34.1. The summed E-state index contributed by atoms with van der Waals surface area (Å²) in [7, 11) is 3.86. The molecule has 1 amide bonds. The van der Waals surface area contributed by atoms with Gasteiger partial charge in [0.1, 0.15) is 22.5 Å². The smallest absolute Gasteiger partial charge is 0.236 e. The van der Waals surface area contributed by atoms with Crippen LogP contribution in [0.15, 0.2) is 54.6 Å². The Labute approximate surface area is 291 Å². The second-order valence-corrected chi connectivity index (χ2v) is 14.3. The fourth-order valence-corrected chi connectivity index (χ4v) is 7.93. The van der Waals surface area contributed by atoms with E-state index < -0.39 is 6.10 Å². The number of carbonyl (C=O) groups excluding carboxylic acids is 1. The molecule has 254 valence electrons. The molecule has 5 heterocycles. The first-order valence-electron chi connectivity index (χ1n) is 16.1. The van der Waals surface area contributed by atoms with Crippen LogP contribution < -0.4 is 9.80 Å². The fraction of sp³-hybridized carbons (Fsp3) is 0.382. The van der Waals surface area contributed by atoms with Crippen molar-refractivity contribution in [2.45, 2.75) is 31.6 Å². The van der Waals surface area contributed by atoms with Crippen molar-refractivity contribution in [2.75, 3.05) is 63.2 Å². The minimum Gasteiger partial charge on any atom is -0.389 e. The summed E-state index contributed by atoms with van der Waals surface area (Å²) in [6.07, 6.45) is 1.03. The number of rotatable bonds is 12. The number of β-amino-alcohol motifs (C(OH)–C–C–N with tert-alkyl or cyclic N) is 1. The first kappa shape index (κ1) is 33.1. The number of hydrogen-bond acceptors (Lipinski definition) is 12. The van der Waals surface area contributed by atoms with Gasteiger partial charge in [0.25, 0.3) is 0 Å². The van der Waals surface area contributed by atoms with E-state index in [-0.39, 0.29) is 17.8 Å². The number of aliphatic hydroxyl groups excluding tert-OH is 1. The molecule has 5 aromatic rings. The van der Waals surface area contributed by atoms with Crippen molar-refractivity contribution in [1.82, 2.24) is 29.4 Å². The Hall–Kier alpha value is -4.46. The van der Waals surface area contributed by atoms with Gasteiger partial charge < -0.3 is 24.5 Å². The fourth-order valence-electron chi connectivity index (χ4n) is 6.13. The van der Waals surface area contributed by atoms with Gasteiger partial charge in [0.2, 0.25) is 16.0 Å². The quantitative estimate of drug-likeness (QED) is 0.190. The number of thiazole rings is 1. The van der Waals surface area contributed by atoms with Crippen molar-refractivity contribution < 1.29 is 19.0 Å². The molecule has 3 aromatic heterocycles. The maximum atomic E-state index is 13.7. The topological polar surface area (TPSA) is 126 Å². The third kappa shape index (κ3) is 7.01. The van der Waals surface area contributed by atoms with Gasteiger partial charge in [-0.3, -0.25) is 9.69 Å². The molecule has 2 fully saturated rings. The van der Waals surface area contributed by atoms with Crippen LogP contribution >= 0.6 is 22.7 Å². The molecule has 0 bridgehead atoms. The Kier molecular flexibility index (Phi) is 9.57. The average Bonchev–Trinajstić information content (AvgIpc) is 3.89. The molecule has 2 aliphatic heterocycles. The Morgan fingerprint density at radius 2 is 1.88 bits per heavy atom. The Balaban J connectivity index is 1.13. The van der Waals surface area contributed by atoms with Crippen LogP contribution in [-0.2, 0) is 22.6 Å². The SMILES string of the molecule is CN(c1nc(-c2ccc(F)cc2)c(C#N)s1)c1c(CCOCc2ccccc2)nc2sc(N3CC[C@@H](N(C)CC(=O)N4CC(O)C4)C3)nn12. The number of hydrogen-bond donors (Lipinski definition) is 1. The number of anilines is 3. The number of carbonyl (C=O) groups is 1. The molecule has 1 N–H and O–H groups in total. The molecule has 7 rings (SSSR count). The number of nitrogens with zero attached hydrogens (tertiary/aromatic N) is 9. The molecular weight excluding hydrogens is 666 g/mol. The van der Waals surface area contributed by atoms with Gasteiger partial charge in [-0.25, -0.2) is 14.4 Å². The van der Waals surface area contributed by atoms with Crippen molar-refractivity contribution >= 4 is 49.6 Å². The first-order chi connectivity index (χ1) is 23.8. The number of fused-ring (bicyclic) bond motifs is 1. The summed E-state index contributed by atoms with van der Waals surface area (Å²) in [5, 5.41) is 26.0. The predicted molar refractivity (Wildman–Crippen MR) is 187 cm³/mol. The first-order valence-corrected chi connectivity index (χ1v) is 17.7. The number of amides is 1. The third-order valence-corrected chi connectivity index (χ3v) is 10.9. The Morgan fingerprint density at radius 3 is 2.61 bits per heavy atom. The van der Waals surface area contributed by atoms with Gasteiger partial charge in [0, 0.05) is 51.3 Å². The van der Waals surface area contributed by atoms with E-state index in [1.165, 1.54) is 34.8 Å². The molecule has 0 aliphatic carbocycles. The van der Waals surface area contributed by atoms with Crippen LogP contribution in [0.1, 0.15) is 22.6 Å². The zero-order valence-electron chi connectivity index (χ0n) is 27.2. The van der Waals surface area contributed by atoms with Gasteiger partial charge in [-0.1, -0.05) is 53.0 Å². The van der Waals surface area contributed by atoms with Crippen LogP contribution in [0.25, 0.3) is 16.2 Å². The van der Waals surface area contributed by atoms with Gasteiger partial charge in [-0.2, -0.15) is 9.78 Å². The Bertz CT molecular complexity index is 1970. The number of imidazole rings is 1. The number of benzene rings is 2. The van der Waals surface area contributed by atoms with Crippen LogP contribution in [0.2, 0.25) is 0 Å². The lowest BCUT2D eigenvalue weighted by atomic mass is 10.1. The molecule has 0 spiro atoms. The molecular formula is C34H36FN9O3S2. The summed E-state index contributed by atoms with van der Waals surface area (Å²) in [5.74, 6) is 0.419. The normalized spacial score (nSPS) is 16.4. The van der Waals surface area contributed by atoms with Crippen LogP contribution in [0.4, 0.5) is 20.5 Å². The van der Waals surface area contributed by atoms with E-state index in [9.17, 15) is 19.6 Å². The molecule has 15 heteroatoms.